The number of halogens is 1. The largest absolute Gasteiger partial charge is 0.497 e. The van der Waals surface area contributed by atoms with Crippen molar-refractivity contribution in [3.05, 3.63) is 24.3 Å². The molecule has 2 rings (SSSR count). The topological polar surface area (TPSA) is 58.1 Å². The van der Waals surface area contributed by atoms with Gasteiger partial charge in [0.25, 0.3) is 0 Å². The van der Waals surface area contributed by atoms with Crippen molar-refractivity contribution in [3.8, 4) is 11.5 Å². The van der Waals surface area contributed by atoms with Gasteiger partial charge in [-0.3, -0.25) is 0 Å². The van der Waals surface area contributed by atoms with Crippen LogP contribution in [0.3, 0.4) is 0 Å². The number of ether oxygens (including phenoxy) is 2. The highest BCUT2D eigenvalue weighted by Gasteiger charge is 2.19. The smallest absolute Gasteiger partial charge is 0.191 e. The zero-order valence-corrected chi connectivity index (χ0v) is 19.2. The van der Waals surface area contributed by atoms with Gasteiger partial charge in [0.1, 0.15) is 18.1 Å². The average molecular weight is 490 g/mol. The van der Waals surface area contributed by atoms with E-state index in [2.05, 4.69) is 34.4 Å². The SMILES string of the molecule is CCCN1CCC(NC(=NCCOc2ccc(OC)cc2)NCC)CC1.I. The van der Waals surface area contributed by atoms with Gasteiger partial charge in [-0.2, -0.15) is 0 Å². The molecular formula is C20H35IN4O2. The van der Waals surface area contributed by atoms with E-state index in [-0.39, 0.29) is 24.0 Å². The van der Waals surface area contributed by atoms with E-state index >= 15 is 0 Å². The minimum Gasteiger partial charge on any atom is -0.497 e. The first kappa shape index (κ1) is 23.8. The van der Waals surface area contributed by atoms with Crippen molar-refractivity contribution in [2.75, 3.05) is 46.4 Å². The molecule has 1 aromatic carbocycles. The third-order valence-electron chi connectivity index (χ3n) is 4.50. The first-order chi connectivity index (χ1) is 12.7. The van der Waals surface area contributed by atoms with Crippen LogP contribution in [0, 0.1) is 0 Å². The molecule has 0 bridgehead atoms. The lowest BCUT2D eigenvalue weighted by molar-refractivity contribution is 0.206. The lowest BCUT2D eigenvalue weighted by Crippen LogP contribution is -2.48. The molecule has 1 fully saturated rings. The van der Waals surface area contributed by atoms with Crippen molar-refractivity contribution >= 4 is 29.9 Å². The number of guanidine groups is 1. The van der Waals surface area contributed by atoms with Crippen molar-refractivity contribution in [2.45, 2.75) is 39.2 Å². The highest BCUT2D eigenvalue weighted by molar-refractivity contribution is 14.0. The third kappa shape index (κ3) is 9.01. The Morgan fingerprint density at radius 2 is 1.81 bits per heavy atom. The van der Waals surface area contributed by atoms with E-state index < -0.39 is 0 Å². The Bertz CT molecular complexity index is 531. The van der Waals surface area contributed by atoms with Gasteiger partial charge in [-0.25, -0.2) is 4.99 Å². The van der Waals surface area contributed by atoms with Crippen LogP contribution in [-0.4, -0.2) is 63.3 Å². The van der Waals surface area contributed by atoms with E-state index in [1.807, 2.05) is 24.3 Å². The summed E-state index contributed by atoms with van der Waals surface area (Å²) in [7, 11) is 1.66. The molecule has 1 saturated heterocycles. The molecule has 1 aromatic rings. The van der Waals surface area contributed by atoms with Crippen LogP contribution in [-0.2, 0) is 0 Å². The summed E-state index contributed by atoms with van der Waals surface area (Å²) < 4.78 is 10.9. The molecule has 1 aliphatic heterocycles. The first-order valence-electron chi connectivity index (χ1n) is 9.79. The van der Waals surface area contributed by atoms with Crippen LogP contribution in [0.4, 0.5) is 0 Å². The molecule has 0 spiro atoms. The lowest BCUT2D eigenvalue weighted by atomic mass is 10.1. The molecule has 1 aliphatic rings. The molecule has 0 radical (unpaired) electrons. The Labute approximate surface area is 181 Å². The number of benzene rings is 1. The number of aliphatic imine (C=N–C) groups is 1. The van der Waals surface area contributed by atoms with Gasteiger partial charge in [-0.1, -0.05) is 6.92 Å². The van der Waals surface area contributed by atoms with Crippen LogP contribution in [0.1, 0.15) is 33.1 Å². The molecule has 0 amide bonds. The Hall–Kier alpha value is -1.22. The van der Waals surface area contributed by atoms with Gasteiger partial charge in [0, 0.05) is 25.7 Å². The molecule has 0 aliphatic carbocycles. The number of hydrogen-bond acceptors (Lipinski definition) is 4. The van der Waals surface area contributed by atoms with Crippen molar-refractivity contribution in [1.29, 1.82) is 0 Å². The monoisotopic (exact) mass is 490 g/mol. The number of rotatable bonds is 9. The highest BCUT2D eigenvalue weighted by Crippen LogP contribution is 2.16. The maximum absolute atomic E-state index is 5.74. The van der Waals surface area contributed by atoms with Gasteiger partial charge in [0.2, 0.25) is 0 Å². The predicted octanol–water partition coefficient (Wildman–Crippen LogP) is 3.12. The summed E-state index contributed by atoms with van der Waals surface area (Å²) in [4.78, 5) is 7.19. The molecule has 1 heterocycles. The van der Waals surface area contributed by atoms with Crippen molar-refractivity contribution in [1.82, 2.24) is 15.5 Å². The minimum atomic E-state index is 0. The zero-order valence-electron chi connectivity index (χ0n) is 16.9. The van der Waals surface area contributed by atoms with Crippen LogP contribution < -0.4 is 20.1 Å². The molecule has 0 unspecified atom stereocenters. The summed E-state index contributed by atoms with van der Waals surface area (Å²) in [5.74, 6) is 2.56. The summed E-state index contributed by atoms with van der Waals surface area (Å²) in [6.07, 6.45) is 3.58. The number of methoxy groups -OCH3 is 1. The van der Waals surface area contributed by atoms with Crippen molar-refractivity contribution < 1.29 is 9.47 Å². The molecule has 0 aromatic heterocycles. The molecule has 154 valence electrons. The summed E-state index contributed by atoms with van der Waals surface area (Å²) in [6, 6.07) is 8.12. The van der Waals surface area contributed by atoms with Gasteiger partial charge in [0.05, 0.1) is 13.7 Å². The van der Waals surface area contributed by atoms with E-state index in [9.17, 15) is 0 Å². The van der Waals surface area contributed by atoms with E-state index in [0.717, 1.165) is 24.0 Å². The summed E-state index contributed by atoms with van der Waals surface area (Å²) in [5.41, 5.74) is 0. The number of nitrogens with one attached hydrogen (secondary N) is 2. The van der Waals surface area contributed by atoms with Crippen LogP contribution in [0.5, 0.6) is 11.5 Å². The summed E-state index contributed by atoms with van der Waals surface area (Å²) >= 11 is 0. The van der Waals surface area contributed by atoms with Crippen molar-refractivity contribution in [2.24, 2.45) is 4.99 Å². The Morgan fingerprint density at radius 1 is 1.15 bits per heavy atom. The summed E-state index contributed by atoms with van der Waals surface area (Å²) in [6.45, 7) is 9.93. The fraction of sp³-hybridized carbons (Fsp3) is 0.650. The molecular weight excluding hydrogens is 455 g/mol. The lowest BCUT2D eigenvalue weighted by Gasteiger charge is -2.32. The van der Waals surface area contributed by atoms with E-state index in [0.29, 0.717) is 19.2 Å². The van der Waals surface area contributed by atoms with Crippen LogP contribution >= 0.6 is 24.0 Å². The number of hydrogen-bond donors (Lipinski definition) is 2. The van der Waals surface area contributed by atoms with Crippen LogP contribution in [0.15, 0.2) is 29.3 Å². The highest BCUT2D eigenvalue weighted by atomic mass is 127. The van der Waals surface area contributed by atoms with Crippen LogP contribution in [0.25, 0.3) is 0 Å². The maximum atomic E-state index is 5.74. The second-order valence-electron chi connectivity index (χ2n) is 6.54. The quantitative estimate of drug-likeness (QED) is 0.241. The minimum absolute atomic E-state index is 0. The molecule has 2 N–H and O–H groups in total. The predicted molar refractivity (Wildman–Crippen MR) is 123 cm³/mol. The van der Waals surface area contributed by atoms with Gasteiger partial charge in [0.15, 0.2) is 5.96 Å². The normalized spacial score (nSPS) is 15.7. The zero-order chi connectivity index (χ0) is 18.6. The first-order valence-corrected chi connectivity index (χ1v) is 9.79. The average Bonchev–Trinajstić information content (AvgIpc) is 2.67. The van der Waals surface area contributed by atoms with Gasteiger partial charge >= 0.3 is 0 Å². The fourth-order valence-electron chi connectivity index (χ4n) is 3.12. The Balaban J connectivity index is 0.00000364. The summed E-state index contributed by atoms with van der Waals surface area (Å²) in [5, 5.41) is 6.91. The van der Waals surface area contributed by atoms with Gasteiger partial charge in [-0.05, 0) is 57.0 Å². The molecule has 0 saturated carbocycles. The van der Waals surface area contributed by atoms with Gasteiger partial charge < -0.3 is 25.0 Å². The maximum Gasteiger partial charge on any atom is 0.191 e. The number of likely N-dealkylation sites (tertiary alicyclic amines) is 1. The van der Waals surface area contributed by atoms with E-state index in [1.165, 1.54) is 38.9 Å². The molecule has 0 atom stereocenters. The third-order valence-corrected chi connectivity index (χ3v) is 4.50. The molecule has 7 heteroatoms. The van der Waals surface area contributed by atoms with Crippen LogP contribution in [0.2, 0.25) is 0 Å². The fourth-order valence-corrected chi connectivity index (χ4v) is 3.12. The second kappa shape index (κ2) is 13.9. The van der Waals surface area contributed by atoms with E-state index in [1.54, 1.807) is 7.11 Å². The standard InChI is InChI=1S/C20H34N4O2.HI/c1-4-13-24-14-10-17(11-15-24)23-20(21-5-2)22-12-16-26-19-8-6-18(25-3)7-9-19;/h6-9,17H,4-5,10-16H2,1-3H3,(H2,21,22,23);1H. The number of nitrogens with zero attached hydrogens (tertiary/aromatic N) is 2. The Morgan fingerprint density at radius 3 is 2.41 bits per heavy atom. The Kier molecular flexibility index (Phi) is 12.2. The second-order valence-corrected chi connectivity index (χ2v) is 6.54. The van der Waals surface area contributed by atoms with Crippen molar-refractivity contribution in [3.63, 3.8) is 0 Å². The number of piperidine rings is 1. The molecule has 27 heavy (non-hydrogen) atoms. The van der Waals surface area contributed by atoms with Gasteiger partial charge in [-0.15, -0.1) is 24.0 Å². The molecule has 6 nitrogen and oxygen atoms in total. The van der Waals surface area contributed by atoms with E-state index in [4.69, 9.17) is 9.47 Å².